The lowest BCUT2D eigenvalue weighted by Gasteiger charge is -2.07. The summed E-state index contributed by atoms with van der Waals surface area (Å²) in [6.07, 6.45) is 0.921. The first-order valence-electron chi connectivity index (χ1n) is 6.39. The van der Waals surface area contributed by atoms with E-state index < -0.39 is 0 Å². The van der Waals surface area contributed by atoms with Crippen molar-refractivity contribution in [2.24, 2.45) is 5.73 Å². The van der Waals surface area contributed by atoms with Crippen LogP contribution < -0.4 is 5.73 Å². The molecule has 0 fully saturated rings. The summed E-state index contributed by atoms with van der Waals surface area (Å²) in [4.78, 5) is 10.2. The van der Waals surface area contributed by atoms with E-state index in [0.717, 1.165) is 27.9 Å². The highest BCUT2D eigenvalue weighted by molar-refractivity contribution is 7.99. The van der Waals surface area contributed by atoms with Crippen molar-refractivity contribution in [3.8, 4) is 0 Å². The van der Waals surface area contributed by atoms with Gasteiger partial charge in [-0.05, 0) is 68.8 Å². The summed E-state index contributed by atoms with van der Waals surface area (Å²) in [7, 11) is 0. The van der Waals surface area contributed by atoms with Gasteiger partial charge in [0.25, 0.3) is 0 Å². The lowest BCUT2D eigenvalue weighted by Crippen LogP contribution is -2.02. The van der Waals surface area contributed by atoms with Gasteiger partial charge in [0, 0.05) is 16.3 Å². The maximum absolute atomic E-state index is 5.54. The zero-order chi connectivity index (χ0) is 13.8. The van der Waals surface area contributed by atoms with Crippen LogP contribution in [-0.2, 0) is 6.42 Å². The molecule has 0 saturated heterocycles. The van der Waals surface area contributed by atoms with E-state index in [0.29, 0.717) is 6.54 Å². The van der Waals surface area contributed by atoms with Crippen molar-refractivity contribution in [2.45, 2.75) is 37.2 Å². The molecule has 0 aliphatic heterocycles. The van der Waals surface area contributed by atoms with E-state index in [2.05, 4.69) is 41.2 Å². The van der Waals surface area contributed by atoms with Crippen molar-refractivity contribution in [1.29, 1.82) is 0 Å². The van der Waals surface area contributed by atoms with E-state index in [-0.39, 0.29) is 0 Å². The Morgan fingerprint density at radius 2 is 1.58 bits per heavy atom. The molecular formula is C15H19N3S. The minimum Gasteiger partial charge on any atom is -0.330 e. The molecule has 4 heteroatoms. The van der Waals surface area contributed by atoms with Gasteiger partial charge in [-0.15, -0.1) is 0 Å². The van der Waals surface area contributed by atoms with Crippen molar-refractivity contribution >= 4 is 11.8 Å². The van der Waals surface area contributed by atoms with E-state index in [9.17, 15) is 0 Å². The summed E-state index contributed by atoms with van der Waals surface area (Å²) < 4.78 is 0. The SMILES string of the molecule is Cc1nc(Sc2ccc(CCN)cc2)nc(C)c1C. The number of hydrogen-bond donors (Lipinski definition) is 1. The van der Waals surface area contributed by atoms with Gasteiger partial charge in [0.15, 0.2) is 5.16 Å². The molecule has 2 rings (SSSR count). The largest absolute Gasteiger partial charge is 0.330 e. The van der Waals surface area contributed by atoms with Crippen LogP contribution in [0.25, 0.3) is 0 Å². The van der Waals surface area contributed by atoms with Crippen LogP contribution in [0.5, 0.6) is 0 Å². The smallest absolute Gasteiger partial charge is 0.192 e. The van der Waals surface area contributed by atoms with E-state index >= 15 is 0 Å². The second-order valence-electron chi connectivity index (χ2n) is 4.59. The summed E-state index contributed by atoms with van der Waals surface area (Å²) in [6.45, 7) is 6.80. The second-order valence-corrected chi connectivity index (χ2v) is 5.63. The van der Waals surface area contributed by atoms with Crippen LogP contribution in [0.1, 0.15) is 22.5 Å². The Balaban J connectivity index is 2.17. The molecule has 100 valence electrons. The van der Waals surface area contributed by atoms with Crippen molar-refractivity contribution in [1.82, 2.24) is 9.97 Å². The van der Waals surface area contributed by atoms with Crippen LogP contribution in [0.2, 0.25) is 0 Å². The van der Waals surface area contributed by atoms with Gasteiger partial charge >= 0.3 is 0 Å². The maximum atomic E-state index is 5.54. The van der Waals surface area contributed by atoms with Crippen LogP contribution in [0.4, 0.5) is 0 Å². The lowest BCUT2D eigenvalue weighted by molar-refractivity contribution is 0.881. The molecule has 0 saturated carbocycles. The number of benzene rings is 1. The van der Waals surface area contributed by atoms with Crippen LogP contribution >= 0.6 is 11.8 Å². The Hall–Kier alpha value is -1.39. The zero-order valence-corrected chi connectivity index (χ0v) is 12.4. The second kappa shape index (κ2) is 6.17. The first kappa shape index (κ1) is 14.0. The predicted molar refractivity (Wildman–Crippen MR) is 79.6 cm³/mol. The minimum atomic E-state index is 0.686. The highest BCUT2D eigenvalue weighted by Gasteiger charge is 2.06. The van der Waals surface area contributed by atoms with Gasteiger partial charge in [-0.3, -0.25) is 0 Å². The molecule has 2 aromatic rings. The van der Waals surface area contributed by atoms with Crippen LogP contribution in [0.15, 0.2) is 34.3 Å². The molecule has 1 aromatic carbocycles. The van der Waals surface area contributed by atoms with Crippen LogP contribution in [0.3, 0.4) is 0 Å². The molecule has 0 spiro atoms. The fraction of sp³-hybridized carbons (Fsp3) is 0.333. The van der Waals surface area contributed by atoms with Gasteiger partial charge in [0.05, 0.1) is 0 Å². The average molecular weight is 273 g/mol. The van der Waals surface area contributed by atoms with E-state index in [1.165, 1.54) is 11.1 Å². The molecule has 0 aliphatic carbocycles. The third-order valence-corrected chi connectivity index (χ3v) is 4.05. The Morgan fingerprint density at radius 3 is 2.11 bits per heavy atom. The summed E-state index contributed by atoms with van der Waals surface area (Å²) in [6, 6.07) is 8.43. The minimum absolute atomic E-state index is 0.686. The molecule has 0 amide bonds. The lowest BCUT2D eigenvalue weighted by atomic mass is 10.2. The van der Waals surface area contributed by atoms with Gasteiger partial charge < -0.3 is 5.73 Å². The summed E-state index contributed by atoms with van der Waals surface area (Å²) in [5, 5.41) is 0.812. The molecular weight excluding hydrogens is 254 g/mol. The normalized spacial score (nSPS) is 10.7. The summed E-state index contributed by atoms with van der Waals surface area (Å²) in [5.41, 5.74) is 10.1. The number of aromatic nitrogens is 2. The molecule has 2 N–H and O–H groups in total. The van der Waals surface area contributed by atoms with Crippen LogP contribution in [-0.4, -0.2) is 16.5 Å². The molecule has 0 aliphatic rings. The molecule has 0 atom stereocenters. The molecule has 0 radical (unpaired) electrons. The number of aryl methyl sites for hydroxylation is 2. The highest BCUT2D eigenvalue weighted by atomic mass is 32.2. The third kappa shape index (κ3) is 3.55. The standard InChI is InChI=1S/C15H19N3S/c1-10-11(2)17-15(18-12(10)3)19-14-6-4-13(5-7-14)8-9-16/h4-7H,8-9,16H2,1-3H3. The number of nitrogens with zero attached hydrogens (tertiary/aromatic N) is 2. The molecule has 1 aromatic heterocycles. The first-order valence-corrected chi connectivity index (χ1v) is 7.20. The van der Waals surface area contributed by atoms with Crippen molar-refractivity contribution in [3.05, 3.63) is 46.8 Å². The molecule has 0 unspecified atom stereocenters. The highest BCUT2D eigenvalue weighted by Crippen LogP contribution is 2.26. The Kier molecular flexibility index (Phi) is 4.56. The first-order chi connectivity index (χ1) is 9.10. The van der Waals surface area contributed by atoms with Gasteiger partial charge in [-0.1, -0.05) is 12.1 Å². The maximum Gasteiger partial charge on any atom is 0.192 e. The summed E-state index contributed by atoms with van der Waals surface area (Å²) >= 11 is 1.60. The van der Waals surface area contributed by atoms with Gasteiger partial charge in [0.1, 0.15) is 0 Å². The van der Waals surface area contributed by atoms with Crippen LogP contribution in [0, 0.1) is 20.8 Å². The van der Waals surface area contributed by atoms with E-state index in [4.69, 9.17) is 5.73 Å². The average Bonchev–Trinajstić information content (AvgIpc) is 2.38. The third-order valence-electron chi connectivity index (χ3n) is 3.18. The Bertz CT molecular complexity index is 541. The van der Waals surface area contributed by atoms with Crippen molar-refractivity contribution in [2.75, 3.05) is 6.54 Å². The van der Waals surface area contributed by atoms with E-state index in [1.54, 1.807) is 11.8 Å². The Labute approximate surface area is 118 Å². The number of nitrogens with two attached hydrogens (primary N) is 1. The van der Waals surface area contributed by atoms with Crippen molar-refractivity contribution < 1.29 is 0 Å². The quantitative estimate of drug-likeness (QED) is 0.870. The number of hydrogen-bond acceptors (Lipinski definition) is 4. The molecule has 0 bridgehead atoms. The van der Waals surface area contributed by atoms with Gasteiger partial charge in [-0.2, -0.15) is 0 Å². The van der Waals surface area contributed by atoms with Gasteiger partial charge in [-0.25, -0.2) is 9.97 Å². The van der Waals surface area contributed by atoms with Crippen molar-refractivity contribution in [3.63, 3.8) is 0 Å². The fourth-order valence-corrected chi connectivity index (χ4v) is 2.63. The number of rotatable bonds is 4. The fourth-order valence-electron chi connectivity index (χ4n) is 1.78. The van der Waals surface area contributed by atoms with E-state index in [1.807, 2.05) is 13.8 Å². The predicted octanol–water partition coefficient (Wildman–Crippen LogP) is 3.05. The van der Waals surface area contributed by atoms with Gasteiger partial charge in [0.2, 0.25) is 0 Å². The topological polar surface area (TPSA) is 51.8 Å². The summed E-state index contributed by atoms with van der Waals surface area (Å²) in [5.74, 6) is 0. The zero-order valence-electron chi connectivity index (χ0n) is 11.6. The Morgan fingerprint density at radius 1 is 1.00 bits per heavy atom. The molecule has 1 heterocycles. The molecule has 19 heavy (non-hydrogen) atoms. The monoisotopic (exact) mass is 273 g/mol. The molecule has 3 nitrogen and oxygen atoms in total.